The van der Waals surface area contributed by atoms with E-state index in [-0.39, 0.29) is 5.91 Å². The van der Waals surface area contributed by atoms with Gasteiger partial charge in [0, 0.05) is 21.5 Å². The standard InChI is InChI=1S/C13H13ClN2OS2/c1-13(2,11(17)16-12-15-7-8-18-12)19-10-5-3-9(14)4-6-10/h3-8H,1-2H3,(H,15,16,17). The Hall–Kier alpha value is -1.04. The van der Waals surface area contributed by atoms with Crippen LogP contribution in [0.1, 0.15) is 13.8 Å². The number of nitrogens with zero attached hydrogens (tertiary/aromatic N) is 1. The minimum absolute atomic E-state index is 0.0672. The first-order chi connectivity index (χ1) is 8.97. The lowest BCUT2D eigenvalue weighted by atomic mass is 10.2. The van der Waals surface area contributed by atoms with Crippen LogP contribution in [0.4, 0.5) is 5.13 Å². The number of thiazole rings is 1. The molecule has 1 aromatic carbocycles. The lowest BCUT2D eigenvalue weighted by molar-refractivity contribution is -0.117. The van der Waals surface area contributed by atoms with Crippen LogP contribution in [-0.4, -0.2) is 15.6 Å². The summed E-state index contributed by atoms with van der Waals surface area (Å²) in [6, 6.07) is 7.45. The van der Waals surface area contributed by atoms with Gasteiger partial charge in [-0.2, -0.15) is 0 Å². The van der Waals surface area contributed by atoms with Crippen molar-refractivity contribution in [1.82, 2.24) is 4.98 Å². The number of amides is 1. The number of anilines is 1. The average Bonchev–Trinajstić information content (AvgIpc) is 2.84. The normalized spacial score (nSPS) is 11.3. The molecule has 19 heavy (non-hydrogen) atoms. The molecule has 1 N–H and O–H groups in total. The van der Waals surface area contributed by atoms with E-state index in [0.29, 0.717) is 10.2 Å². The van der Waals surface area contributed by atoms with Crippen molar-refractivity contribution in [3.63, 3.8) is 0 Å². The second kappa shape index (κ2) is 5.94. The van der Waals surface area contributed by atoms with Gasteiger partial charge in [-0.3, -0.25) is 4.79 Å². The summed E-state index contributed by atoms with van der Waals surface area (Å²) in [5, 5.41) is 5.95. The van der Waals surface area contributed by atoms with Crippen LogP contribution in [0.2, 0.25) is 5.02 Å². The summed E-state index contributed by atoms with van der Waals surface area (Å²) >= 11 is 8.74. The van der Waals surface area contributed by atoms with Gasteiger partial charge in [0.15, 0.2) is 5.13 Å². The van der Waals surface area contributed by atoms with Crippen LogP contribution in [0.5, 0.6) is 0 Å². The molecular weight excluding hydrogens is 300 g/mol. The average molecular weight is 313 g/mol. The van der Waals surface area contributed by atoms with Gasteiger partial charge in [-0.1, -0.05) is 11.6 Å². The van der Waals surface area contributed by atoms with Gasteiger partial charge in [-0.25, -0.2) is 4.98 Å². The van der Waals surface area contributed by atoms with Crippen LogP contribution >= 0.6 is 34.7 Å². The van der Waals surface area contributed by atoms with E-state index in [0.717, 1.165) is 4.90 Å². The fourth-order valence-electron chi connectivity index (χ4n) is 1.38. The molecule has 0 unspecified atom stereocenters. The molecule has 0 radical (unpaired) electrons. The summed E-state index contributed by atoms with van der Waals surface area (Å²) in [6.45, 7) is 3.77. The van der Waals surface area contributed by atoms with Crippen molar-refractivity contribution in [3.8, 4) is 0 Å². The zero-order chi connectivity index (χ0) is 13.9. The third kappa shape index (κ3) is 3.96. The Morgan fingerprint density at radius 3 is 2.63 bits per heavy atom. The van der Waals surface area contributed by atoms with Crippen molar-refractivity contribution in [2.24, 2.45) is 0 Å². The summed E-state index contributed by atoms with van der Waals surface area (Å²) in [5.41, 5.74) is 0. The monoisotopic (exact) mass is 312 g/mol. The molecule has 0 aliphatic rings. The van der Waals surface area contributed by atoms with E-state index in [4.69, 9.17) is 11.6 Å². The molecule has 3 nitrogen and oxygen atoms in total. The first kappa shape index (κ1) is 14.4. The van der Waals surface area contributed by atoms with Gasteiger partial charge in [0.05, 0.1) is 4.75 Å². The summed E-state index contributed by atoms with van der Waals surface area (Å²) in [6.07, 6.45) is 1.67. The van der Waals surface area contributed by atoms with Gasteiger partial charge in [0.25, 0.3) is 0 Å². The molecular formula is C13H13ClN2OS2. The van der Waals surface area contributed by atoms with Crippen LogP contribution in [0.25, 0.3) is 0 Å². The molecule has 0 aliphatic heterocycles. The number of benzene rings is 1. The SMILES string of the molecule is CC(C)(Sc1ccc(Cl)cc1)C(=O)Nc1nccs1. The van der Waals surface area contributed by atoms with E-state index in [1.807, 2.05) is 43.5 Å². The zero-order valence-corrected chi connectivity index (χ0v) is 12.9. The van der Waals surface area contributed by atoms with Crippen molar-refractivity contribution in [2.75, 3.05) is 5.32 Å². The number of carbonyl (C=O) groups is 1. The van der Waals surface area contributed by atoms with E-state index in [2.05, 4.69) is 10.3 Å². The van der Waals surface area contributed by atoms with Crippen LogP contribution < -0.4 is 5.32 Å². The summed E-state index contributed by atoms with van der Waals surface area (Å²) < 4.78 is -0.584. The Labute approximate surface area is 125 Å². The minimum atomic E-state index is -0.584. The van der Waals surface area contributed by atoms with E-state index in [1.54, 1.807) is 6.20 Å². The maximum atomic E-state index is 12.2. The van der Waals surface area contributed by atoms with E-state index >= 15 is 0 Å². The molecule has 0 atom stereocenters. The molecule has 0 spiro atoms. The Morgan fingerprint density at radius 1 is 1.37 bits per heavy atom. The highest BCUT2D eigenvalue weighted by atomic mass is 35.5. The molecule has 1 aromatic heterocycles. The predicted octanol–water partition coefficient (Wildman–Crippen LogP) is 4.31. The van der Waals surface area contributed by atoms with Gasteiger partial charge in [0.1, 0.15) is 0 Å². The first-order valence-corrected chi connectivity index (χ1v) is 7.70. The fourth-order valence-corrected chi connectivity index (χ4v) is 3.03. The Kier molecular flexibility index (Phi) is 4.50. The highest BCUT2D eigenvalue weighted by Gasteiger charge is 2.29. The van der Waals surface area contributed by atoms with Crippen molar-refractivity contribution in [3.05, 3.63) is 40.9 Å². The summed E-state index contributed by atoms with van der Waals surface area (Å²) in [4.78, 5) is 17.3. The van der Waals surface area contributed by atoms with Gasteiger partial charge in [0.2, 0.25) is 5.91 Å². The number of hydrogen-bond donors (Lipinski definition) is 1. The smallest absolute Gasteiger partial charge is 0.242 e. The van der Waals surface area contributed by atoms with Crippen molar-refractivity contribution >= 4 is 45.7 Å². The van der Waals surface area contributed by atoms with E-state index in [1.165, 1.54) is 23.1 Å². The van der Waals surface area contributed by atoms with Crippen LogP contribution in [-0.2, 0) is 4.79 Å². The number of hydrogen-bond acceptors (Lipinski definition) is 4. The highest BCUT2D eigenvalue weighted by Crippen LogP contribution is 2.34. The summed E-state index contributed by atoms with van der Waals surface area (Å²) in [7, 11) is 0. The van der Waals surface area contributed by atoms with Crippen molar-refractivity contribution in [2.45, 2.75) is 23.5 Å². The maximum Gasteiger partial charge on any atom is 0.242 e. The number of rotatable bonds is 4. The molecule has 2 rings (SSSR count). The lowest BCUT2D eigenvalue weighted by Crippen LogP contribution is -2.33. The number of nitrogens with one attached hydrogen (secondary N) is 1. The third-order valence-corrected chi connectivity index (χ3v) is 4.53. The summed E-state index contributed by atoms with van der Waals surface area (Å²) in [5.74, 6) is -0.0672. The predicted molar refractivity (Wildman–Crippen MR) is 82.1 cm³/mol. The molecule has 0 aliphatic carbocycles. The fraction of sp³-hybridized carbons (Fsp3) is 0.231. The Bertz CT molecular complexity index is 553. The first-order valence-electron chi connectivity index (χ1n) is 5.63. The van der Waals surface area contributed by atoms with Gasteiger partial charge in [-0.05, 0) is 38.1 Å². The molecule has 2 aromatic rings. The number of aromatic nitrogens is 1. The number of thioether (sulfide) groups is 1. The van der Waals surface area contributed by atoms with Gasteiger partial charge in [-0.15, -0.1) is 23.1 Å². The van der Waals surface area contributed by atoms with E-state index in [9.17, 15) is 4.79 Å². The zero-order valence-electron chi connectivity index (χ0n) is 10.5. The molecule has 1 heterocycles. The van der Waals surface area contributed by atoms with E-state index < -0.39 is 4.75 Å². The van der Waals surface area contributed by atoms with Crippen molar-refractivity contribution in [1.29, 1.82) is 0 Å². The molecule has 0 saturated heterocycles. The third-order valence-electron chi connectivity index (χ3n) is 2.39. The van der Waals surface area contributed by atoms with Crippen LogP contribution in [0.3, 0.4) is 0 Å². The molecule has 0 bridgehead atoms. The van der Waals surface area contributed by atoms with Gasteiger partial charge >= 0.3 is 0 Å². The number of carbonyl (C=O) groups excluding carboxylic acids is 1. The molecule has 0 fully saturated rings. The number of halogens is 1. The van der Waals surface area contributed by atoms with Crippen LogP contribution in [0.15, 0.2) is 40.7 Å². The Balaban J connectivity index is 2.04. The second-order valence-electron chi connectivity index (χ2n) is 4.36. The lowest BCUT2D eigenvalue weighted by Gasteiger charge is -2.22. The highest BCUT2D eigenvalue weighted by molar-refractivity contribution is 8.01. The Morgan fingerprint density at radius 2 is 2.05 bits per heavy atom. The molecule has 100 valence electrons. The maximum absolute atomic E-state index is 12.2. The largest absolute Gasteiger partial charge is 0.301 e. The molecule has 6 heteroatoms. The van der Waals surface area contributed by atoms with Gasteiger partial charge < -0.3 is 5.32 Å². The molecule has 0 saturated carbocycles. The van der Waals surface area contributed by atoms with Crippen molar-refractivity contribution < 1.29 is 4.79 Å². The quantitative estimate of drug-likeness (QED) is 0.856. The second-order valence-corrected chi connectivity index (χ2v) is 7.38. The topological polar surface area (TPSA) is 42.0 Å². The minimum Gasteiger partial charge on any atom is -0.301 e. The molecule has 1 amide bonds. The van der Waals surface area contributed by atoms with Crippen LogP contribution in [0, 0.1) is 0 Å².